The van der Waals surface area contributed by atoms with Crippen molar-refractivity contribution in [1.29, 1.82) is 0 Å². The van der Waals surface area contributed by atoms with E-state index in [1.165, 1.54) is 12.8 Å². The number of hydrogen-bond acceptors (Lipinski definition) is 3. The highest BCUT2D eigenvalue weighted by Gasteiger charge is 2.34. The number of ketones is 1. The van der Waals surface area contributed by atoms with Gasteiger partial charge in [0.1, 0.15) is 5.76 Å². The molecule has 1 aliphatic carbocycles. The summed E-state index contributed by atoms with van der Waals surface area (Å²) in [7, 11) is 0. The molecular formula is C8H11NO2. The van der Waals surface area contributed by atoms with E-state index in [1.807, 2.05) is 0 Å². The van der Waals surface area contributed by atoms with Gasteiger partial charge in [-0.15, -0.1) is 0 Å². The second kappa shape index (κ2) is 2.34. The van der Waals surface area contributed by atoms with Crippen LogP contribution in [-0.2, 0) is 9.63 Å². The first-order valence-electron chi connectivity index (χ1n) is 3.92. The first kappa shape index (κ1) is 6.85. The van der Waals surface area contributed by atoms with Crippen LogP contribution in [0.3, 0.4) is 0 Å². The third kappa shape index (κ3) is 1.16. The van der Waals surface area contributed by atoms with Crippen LogP contribution < -0.4 is 5.48 Å². The monoisotopic (exact) mass is 153 g/mol. The molecule has 0 saturated heterocycles. The lowest BCUT2D eigenvalue weighted by atomic mass is 10.1. The van der Waals surface area contributed by atoms with Crippen molar-refractivity contribution in [2.24, 2.45) is 5.92 Å². The van der Waals surface area contributed by atoms with Crippen LogP contribution in [0.15, 0.2) is 11.3 Å². The van der Waals surface area contributed by atoms with Crippen molar-refractivity contribution in [1.82, 2.24) is 5.48 Å². The largest absolute Gasteiger partial charge is 0.412 e. The highest BCUT2D eigenvalue weighted by Crippen LogP contribution is 2.39. The Kier molecular flexibility index (Phi) is 1.46. The number of hydrogen-bond donors (Lipinski definition) is 1. The summed E-state index contributed by atoms with van der Waals surface area (Å²) in [5.74, 6) is 1.57. The van der Waals surface area contributed by atoms with Crippen molar-refractivity contribution in [3.63, 3.8) is 0 Å². The van der Waals surface area contributed by atoms with E-state index in [0.717, 1.165) is 11.3 Å². The van der Waals surface area contributed by atoms with Gasteiger partial charge in [-0.05, 0) is 19.8 Å². The molecular weight excluding hydrogens is 142 g/mol. The van der Waals surface area contributed by atoms with Crippen LogP contribution in [-0.4, -0.2) is 12.3 Å². The Morgan fingerprint density at radius 2 is 2.36 bits per heavy atom. The Bertz CT molecular complexity index is 228. The molecule has 1 saturated carbocycles. The molecule has 3 nitrogen and oxygen atoms in total. The van der Waals surface area contributed by atoms with Crippen LogP contribution in [0.25, 0.3) is 0 Å². The van der Waals surface area contributed by atoms with Crippen LogP contribution in [0.4, 0.5) is 0 Å². The Morgan fingerprint density at radius 3 is 2.91 bits per heavy atom. The van der Waals surface area contributed by atoms with E-state index in [-0.39, 0.29) is 5.78 Å². The van der Waals surface area contributed by atoms with Gasteiger partial charge in [0.15, 0.2) is 5.78 Å². The van der Waals surface area contributed by atoms with Gasteiger partial charge in [0, 0.05) is 5.92 Å². The second-order valence-corrected chi connectivity index (χ2v) is 3.10. The predicted molar refractivity (Wildman–Crippen MR) is 39.5 cm³/mol. The standard InChI is InChI=1S/C8H11NO2/c1-5(10)7-4-9-11-8(7)6-2-3-6/h6,9H,2-4H2,1H3. The highest BCUT2D eigenvalue weighted by atomic mass is 16.7. The third-order valence-electron chi connectivity index (χ3n) is 2.10. The van der Waals surface area contributed by atoms with Gasteiger partial charge in [-0.25, -0.2) is 0 Å². The van der Waals surface area contributed by atoms with Crippen LogP contribution in [0.2, 0.25) is 0 Å². The summed E-state index contributed by atoms with van der Waals surface area (Å²) in [4.78, 5) is 16.2. The molecule has 0 amide bonds. The van der Waals surface area contributed by atoms with Crippen molar-refractivity contribution >= 4 is 5.78 Å². The minimum atomic E-state index is 0.136. The van der Waals surface area contributed by atoms with E-state index < -0.39 is 0 Å². The summed E-state index contributed by atoms with van der Waals surface area (Å²) in [5.41, 5.74) is 3.57. The summed E-state index contributed by atoms with van der Waals surface area (Å²) in [6, 6.07) is 0. The van der Waals surface area contributed by atoms with Gasteiger partial charge in [-0.2, -0.15) is 5.48 Å². The zero-order valence-electron chi connectivity index (χ0n) is 6.52. The number of hydroxylamine groups is 1. The maximum atomic E-state index is 11.0. The number of allylic oxidation sites excluding steroid dienone is 1. The zero-order chi connectivity index (χ0) is 7.84. The van der Waals surface area contributed by atoms with E-state index in [2.05, 4.69) is 5.48 Å². The van der Waals surface area contributed by atoms with Gasteiger partial charge in [-0.1, -0.05) is 0 Å². The number of carbonyl (C=O) groups excluding carboxylic acids is 1. The maximum absolute atomic E-state index is 11.0. The molecule has 1 aliphatic heterocycles. The first-order chi connectivity index (χ1) is 5.29. The van der Waals surface area contributed by atoms with Crippen LogP contribution in [0, 0.1) is 5.92 Å². The summed E-state index contributed by atoms with van der Waals surface area (Å²) in [6.45, 7) is 2.18. The number of carbonyl (C=O) groups is 1. The second-order valence-electron chi connectivity index (χ2n) is 3.10. The Morgan fingerprint density at radius 1 is 1.64 bits per heavy atom. The van der Waals surface area contributed by atoms with Gasteiger partial charge in [0.25, 0.3) is 0 Å². The van der Waals surface area contributed by atoms with Crippen LogP contribution >= 0.6 is 0 Å². The summed E-state index contributed by atoms with van der Waals surface area (Å²) >= 11 is 0. The van der Waals surface area contributed by atoms with Gasteiger partial charge >= 0.3 is 0 Å². The van der Waals surface area contributed by atoms with Crippen molar-refractivity contribution in [3.05, 3.63) is 11.3 Å². The fraction of sp³-hybridized carbons (Fsp3) is 0.625. The predicted octanol–water partition coefficient (Wildman–Crippen LogP) is 0.774. The normalized spacial score (nSPS) is 23.7. The SMILES string of the molecule is CC(=O)C1=C(C2CC2)ONC1. The Balaban J connectivity index is 2.22. The Hall–Kier alpha value is -0.830. The molecule has 0 unspecified atom stereocenters. The molecule has 0 aromatic carbocycles. The molecule has 3 heteroatoms. The van der Waals surface area contributed by atoms with Gasteiger partial charge in [0.2, 0.25) is 0 Å². The molecule has 1 fully saturated rings. The number of Topliss-reactive ketones (excluding diaryl/α,β-unsaturated/α-hetero) is 1. The molecule has 2 rings (SSSR count). The summed E-state index contributed by atoms with van der Waals surface area (Å²) in [6.07, 6.45) is 2.35. The van der Waals surface area contributed by atoms with E-state index in [4.69, 9.17) is 4.84 Å². The van der Waals surface area contributed by atoms with Gasteiger partial charge in [0.05, 0.1) is 12.1 Å². The maximum Gasteiger partial charge on any atom is 0.160 e. The van der Waals surface area contributed by atoms with Gasteiger partial charge in [-0.3, -0.25) is 4.79 Å². The molecule has 0 radical (unpaired) electrons. The third-order valence-corrected chi connectivity index (χ3v) is 2.10. The summed E-state index contributed by atoms with van der Waals surface area (Å²) < 4.78 is 0. The van der Waals surface area contributed by atoms with Crippen molar-refractivity contribution in [2.75, 3.05) is 6.54 Å². The minimum Gasteiger partial charge on any atom is -0.412 e. The molecule has 2 aliphatic rings. The molecule has 0 bridgehead atoms. The lowest BCUT2D eigenvalue weighted by molar-refractivity contribution is -0.113. The van der Waals surface area contributed by atoms with Crippen LogP contribution in [0.1, 0.15) is 19.8 Å². The lowest BCUT2D eigenvalue weighted by Gasteiger charge is -1.98. The van der Waals surface area contributed by atoms with Crippen molar-refractivity contribution in [2.45, 2.75) is 19.8 Å². The zero-order valence-corrected chi connectivity index (χ0v) is 6.52. The molecule has 11 heavy (non-hydrogen) atoms. The van der Waals surface area contributed by atoms with Gasteiger partial charge < -0.3 is 4.84 Å². The molecule has 0 atom stereocenters. The molecule has 1 heterocycles. The minimum absolute atomic E-state index is 0.136. The smallest absolute Gasteiger partial charge is 0.160 e. The van der Waals surface area contributed by atoms with E-state index >= 15 is 0 Å². The molecule has 1 N–H and O–H groups in total. The van der Waals surface area contributed by atoms with E-state index in [9.17, 15) is 4.79 Å². The highest BCUT2D eigenvalue weighted by molar-refractivity contribution is 5.94. The average molecular weight is 153 g/mol. The lowest BCUT2D eigenvalue weighted by Crippen LogP contribution is -2.09. The van der Waals surface area contributed by atoms with E-state index in [1.54, 1.807) is 6.92 Å². The Labute approximate surface area is 65.4 Å². The molecule has 0 aromatic rings. The number of nitrogens with one attached hydrogen (secondary N) is 1. The van der Waals surface area contributed by atoms with Crippen molar-refractivity contribution < 1.29 is 9.63 Å². The van der Waals surface area contributed by atoms with Crippen molar-refractivity contribution in [3.8, 4) is 0 Å². The molecule has 60 valence electrons. The quantitative estimate of drug-likeness (QED) is 0.637. The van der Waals surface area contributed by atoms with Crippen LogP contribution in [0.5, 0.6) is 0 Å². The average Bonchev–Trinajstić information content (AvgIpc) is 2.68. The fourth-order valence-electron chi connectivity index (χ4n) is 1.31. The number of rotatable bonds is 2. The fourth-order valence-corrected chi connectivity index (χ4v) is 1.31. The topological polar surface area (TPSA) is 38.3 Å². The van der Waals surface area contributed by atoms with E-state index in [0.29, 0.717) is 12.5 Å². The summed E-state index contributed by atoms with van der Waals surface area (Å²) in [5, 5.41) is 0. The first-order valence-corrected chi connectivity index (χ1v) is 3.92. The molecule has 0 spiro atoms. The molecule has 0 aromatic heterocycles.